The number of aromatic nitrogens is 3. The molecule has 0 aliphatic carbocycles. The molecule has 0 aromatic carbocycles. The fraction of sp³-hybridized carbons (Fsp3) is 0.705. The summed E-state index contributed by atoms with van der Waals surface area (Å²) < 4.78 is 73.8. The van der Waals surface area contributed by atoms with Gasteiger partial charge in [-0.3, -0.25) is 28.8 Å². The topological polar surface area (TPSA) is 315 Å². The molecule has 3 aromatic rings. The average molecular weight is 1520 g/mol. The number of hydrogen-bond donors (Lipinski definition) is 6. The molecular formula is C78H114F3N3O17S3. The number of aryl methyl sites for hydroxylation is 3. The number of ether oxygens (including phenoxy) is 5. The molecule has 104 heavy (non-hydrogen) atoms. The molecule has 3 aromatic heterocycles. The fourth-order valence-corrected chi connectivity index (χ4v) is 15.6. The molecule has 26 heteroatoms. The van der Waals surface area contributed by atoms with Crippen LogP contribution in [0.25, 0.3) is 18.2 Å². The number of rotatable bonds is 6. The molecule has 3 unspecified atom stereocenters. The maximum Gasteiger partial charge on any atom is 0.309 e. The predicted octanol–water partition coefficient (Wildman–Crippen LogP) is 13.9. The fourth-order valence-electron chi connectivity index (χ4n) is 13.9. The second-order valence-electron chi connectivity index (χ2n) is 31.9. The maximum absolute atomic E-state index is 15.3. The number of aliphatic hydroxyl groups excluding tert-OH is 6. The van der Waals surface area contributed by atoms with Crippen LogP contribution in [0.15, 0.2) is 45.3 Å². The van der Waals surface area contributed by atoms with Gasteiger partial charge in [-0.1, -0.05) is 108 Å². The molecule has 5 aliphatic rings. The van der Waals surface area contributed by atoms with Crippen molar-refractivity contribution in [2.24, 2.45) is 51.8 Å². The quantitative estimate of drug-likeness (QED) is 0.0578. The van der Waals surface area contributed by atoms with Crippen molar-refractivity contribution < 1.29 is 96.3 Å². The van der Waals surface area contributed by atoms with Crippen LogP contribution in [0, 0.1) is 72.5 Å². The van der Waals surface area contributed by atoms with Crippen molar-refractivity contribution in [1.82, 2.24) is 15.0 Å². The van der Waals surface area contributed by atoms with E-state index in [4.69, 9.17) is 23.7 Å². The Morgan fingerprint density at radius 3 is 1.05 bits per heavy atom. The van der Waals surface area contributed by atoms with Crippen LogP contribution in [-0.2, 0) is 52.5 Å². The number of hydrogen-bond acceptors (Lipinski definition) is 23. The van der Waals surface area contributed by atoms with Crippen LogP contribution < -0.4 is 0 Å². The van der Waals surface area contributed by atoms with Gasteiger partial charge >= 0.3 is 17.9 Å². The number of thiazole rings is 3. The zero-order valence-corrected chi connectivity index (χ0v) is 66.3. The second-order valence-corrected chi connectivity index (χ2v) is 35.0. The summed E-state index contributed by atoms with van der Waals surface area (Å²) in [5.41, 5.74) is -2.43. The number of aliphatic hydroxyl groups is 6. The van der Waals surface area contributed by atoms with E-state index in [-0.39, 0.29) is 66.6 Å². The van der Waals surface area contributed by atoms with E-state index < -0.39 is 155 Å². The summed E-state index contributed by atoms with van der Waals surface area (Å²) in [7, 11) is 0. The third kappa shape index (κ3) is 23.9. The number of halogens is 3. The number of esters is 3. The summed E-state index contributed by atoms with van der Waals surface area (Å²) in [6, 6.07) is 0. The zero-order valence-electron chi connectivity index (χ0n) is 63.8. The van der Waals surface area contributed by atoms with Crippen LogP contribution >= 0.6 is 34.0 Å². The highest BCUT2D eigenvalue weighted by Crippen LogP contribution is 2.47. The van der Waals surface area contributed by atoms with Crippen LogP contribution in [-0.4, -0.2) is 159 Å². The van der Waals surface area contributed by atoms with E-state index in [0.717, 1.165) is 52.7 Å². The Hall–Kier alpha value is -5.26. The lowest BCUT2D eigenvalue weighted by atomic mass is 9.73. The van der Waals surface area contributed by atoms with Crippen molar-refractivity contribution in [3.8, 4) is 0 Å². The van der Waals surface area contributed by atoms with E-state index in [1.807, 2.05) is 68.4 Å². The number of ketones is 3. The van der Waals surface area contributed by atoms with Crippen molar-refractivity contribution >= 4 is 87.5 Å². The van der Waals surface area contributed by atoms with Crippen molar-refractivity contribution in [3.05, 3.63) is 77.4 Å². The summed E-state index contributed by atoms with van der Waals surface area (Å²) >= 11 is 4.18. The van der Waals surface area contributed by atoms with Gasteiger partial charge in [0, 0.05) is 59.2 Å². The minimum Gasteiger partial charge on any atom is -0.455 e. The van der Waals surface area contributed by atoms with E-state index >= 15 is 13.2 Å². The predicted molar refractivity (Wildman–Crippen MR) is 394 cm³/mol. The second kappa shape index (κ2) is 37.2. The molecular weight excluding hydrogens is 1400 g/mol. The van der Waals surface area contributed by atoms with Crippen LogP contribution in [0.2, 0.25) is 0 Å². The molecule has 0 bridgehead atoms. The Labute approximate surface area is 623 Å². The van der Waals surface area contributed by atoms with Gasteiger partial charge in [0.15, 0.2) is 18.3 Å². The number of nitrogens with zero attached hydrogens (tertiary/aromatic N) is 3. The SMILES string of the molecule is C/C1=C\CC(/C(F)=C/c2csc(C)n2)OC(=O)C[C@H](O)C(C)(C)C(=O)[C@H](C)[C@@H](O)[C@@H](C)CCC1.Cc1nc(/C=C(\F)C2C[C@@H]3O[C@]3(C)CCC[C@H](C)[C@H](O)[C@@H](C)C(=O)C(C)(C)[C@@H](O)CC(=O)O2)cs1.Cc1nc(/C=C(\F)C2C[C@H]3O[C@@]3(C)CCC[C@H](C)[C@H](O)[C@@H](C)C(=O)C(C)(C)[C@@H](O)CC(=O)O2)cs1. The molecule has 0 saturated carbocycles. The van der Waals surface area contributed by atoms with Crippen molar-refractivity contribution in [1.29, 1.82) is 0 Å². The molecule has 8 rings (SSSR count). The number of Topliss-reactive ketones (excluding diaryl/α,β-unsaturated/α-hetero) is 3. The molecule has 4 saturated heterocycles. The number of cyclic esters (lactones) is 3. The molecule has 5 aliphatic heterocycles. The average Bonchev–Trinajstić information content (AvgIpc) is 1.72. The van der Waals surface area contributed by atoms with E-state index in [2.05, 4.69) is 15.0 Å². The molecule has 20 nitrogen and oxygen atoms in total. The lowest BCUT2D eigenvalue weighted by molar-refractivity contribution is -0.156. The molecule has 19 atom stereocenters. The van der Waals surface area contributed by atoms with Crippen molar-refractivity contribution in [2.75, 3.05) is 0 Å². The number of allylic oxidation sites excluding steroid dienone is 1. The van der Waals surface area contributed by atoms with E-state index in [9.17, 15) is 59.4 Å². The summed E-state index contributed by atoms with van der Waals surface area (Å²) in [5, 5.41) is 72.1. The zero-order chi connectivity index (χ0) is 77.9. The number of carbonyl (C=O) groups excluding carboxylic acids is 6. The van der Waals surface area contributed by atoms with E-state index in [1.165, 1.54) is 52.2 Å². The first-order valence-electron chi connectivity index (χ1n) is 36.5. The smallest absolute Gasteiger partial charge is 0.309 e. The van der Waals surface area contributed by atoms with Crippen molar-refractivity contribution in [3.63, 3.8) is 0 Å². The Morgan fingerprint density at radius 2 is 0.750 bits per heavy atom. The molecule has 6 N–H and O–H groups in total. The first-order chi connectivity index (χ1) is 48.3. The van der Waals surface area contributed by atoms with Crippen LogP contribution in [0.1, 0.15) is 232 Å². The monoisotopic (exact) mass is 1520 g/mol. The van der Waals surface area contributed by atoms with Crippen LogP contribution in [0.4, 0.5) is 13.2 Å². The Kier molecular flexibility index (Phi) is 31.4. The van der Waals surface area contributed by atoms with Crippen LogP contribution in [0.5, 0.6) is 0 Å². The Balaban J connectivity index is 0.000000245. The standard InChI is InChI=1S/2C26H38FNO6S.C26H38FNO5S/c2*1-14-8-7-9-26(6)21(34-26)11-19(18(27)10-17-13-35-16(3)28-17)33-22(30)12-20(29)25(4,5)24(32)15(2)23(14)31;1-15-8-7-9-16(2)24(31)17(3)25(32)26(5,6)22(29)13-23(30)33-21(11-10-15)20(27)12-19-14-34-18(4)28-19/h2*10,13-15,19-21,23,29,31H,7-9,11-12H2,1-6H3;10,12,14,16-17,21-22,24,29,31H,7-9,11,13H2,1-6H3/b2*18-10-;15-10+,20-12-/t14-,15+,19?,20-,21+,23-,26-;14-,15+,19?,20-,21-,23-,26+;16-,17+,21?,22-,24-/m000/s1. The lowest BCUT2D eigenvalue weighted by Gasteiger charge is -2.34. The Bertz CT molecular complexity index is 3410. The van der Waals surface area contributed by atoms with Gasteiger partial charge in [-0.05, 0) is 116 Å². The van der Waals surface area contributed by atoms with Crippen LogP contribution in [0.3, 0.4) is 0 Å². The van der Waals surface area contributed by atoms with Gasteiger partial charge in [-0.25, -0.2) is 28.1 Å². The summed E-state index contributed by atoms with van der Waals surface area (Å²) in [6.07, 6.45) is 0.567. The number of epoxide rings is 2. The molecule has 582 valence electrons. The number of fused-ring (bicyclic) bond motifs is 2. The maximum atomic E-state index is 15.3. The molecule has 4 fully saturated rings. The van der Waals surface area contributed by atoms with Crippen molar-refractivity contribution in [2.45, 2.75) is 299 Å². The molecule has 0 radical (unpaired) electrons. The minimum atomic E-state index is -1.35. The molecule has 8 heterocycles. The van der Waals surface area contributed by atoms with Gasteiger partial charge in [0.25, 0.3) is 0 Å². The van der Waals surface area contributed by atoms with Gasteiger partial charge in [0.05, 0.1) is 128 Å². The largest absolute Gasteiger partial charge is 0.455 e. The third-order valence-corrected chi connectivity index (χ3v) is 24.4. The lowest BCUT2D eigenvalue weighted by Crippen LogP contribution is -2.45. The van der Waals surface area contributed by atoms with Gasteiger partial charge in [-0.15, -0.1) is 34.0 Å². The van der Waals surface area contributed by atoms with Gasteiger partial charge < -0.3 is 54.3 Å². The summed E-state index contributed by atoms with van der Waals surface area (Å²) in [5.74, 6) is -7.79. The third-order valence-electron chi connectivity index (χ3n) is 22.0. The van der Waals surface area contributed by atoms with E-state index in [0.29, 0.717) is 42.8 Å². The Morgan fingerprint density at radius 1 is 0.462 bits per heavy atom. The van der Waals surface area contributed by atoms with Gasteiger partial charge in [-0.2, -0.15) is 0 Å². The molecule has 0 spiro atoms. The summed E-state index contributed by atoms with van der Waals surface area (Å²) in [4.78, 5) is 90.3. The first kappa shape index (κ1) is 87.6. The first-order valence-corrected chi connectivity index (χ1v) is 39.1. The highest BCUT2D eigenvalue weighted by molar-refractivity contribution is 7.10. The number of carbonyl (C=O) groups is 6. The highest BCUT2D eigenvalue weighted by atomic mass is 32.1. The molecule has 0 amide bonds. The van der Waals surface area contributed by atoms with Gasteiger partial charge in [0.1, 0.15) is 34.8 Å². The normalized spacial score (nSPS) is 35.7. The van der Waals surface area contributed by atoms with E-state index in [1.54, 1.807) is 78.5 Å². The summed E-state index contributed by atoms with van der Waals surface area (Å²) in [6.45, 7) is 31.3. The minimum absolute atomic E-state index is 0.104. The highest BCUT2D eigenvalue weighted by Gasteiger charge is 2.55. The van der Waals surface area contributed by atoms with Gasteiger partial charge in [0.2, 0.25) is 0 Å².